The molecule has 1 amide bonds. The molecule has 9 nitrogen and oxygen atoms in total. The van der Waals surface area contributed by atoms with E-state index < -0.39 is 30.2 Å². The Balaban J connectivity index is 1.67. The predicted octanol–water partition coefficient (Wildman–Crippen LogP) is 3.17. The van der Waals surface area contributed by atoms with Crippen molar-refractivity contribution in [1.82, 2.24) is 9.78 Å². The lowest BCUT2D eigenvalue weighted by Crippen LogP contribution is -2.41. The van der Waals surface area contributed by atoms with Gasteiger partial charge >= 0.3 is 13.1 Å². The fourth-order valence-electron chi connectivity index (χ4n) is 4.59. The summed E-state index contributed by atoms with van der Waals surface area (Å²) >= 11 is 0. The number of methoxy groups -OCH3 is 1. The monoisotopic (exact) mass is 468 g/mol. The van der Waals surface area contributed by atoms with Crippen LogP contribution in [0.4, 0.5) is 11.5 Å². The molecule has 34 heavy (non-hydrogen) atoms. The molecule has 1 aliphatic carbocycles. The van der Waals surface area contributed by atoms with Crippen molar-refractivity contribution in [3.63, 3.8) is 0 Å². The number of anilines is 2. The second-order valence-corrected chi connectivity index (χ2v) is 10.2. The maximum atomic E-state index is 12.7. The molecule has 0 radical (unpaired) electrons. The second-order valence-electron chi connectivity index (χ2n) is 10.2. The van der Waals surface area contributed by atoms with E-state index >= 15 is 0 Å². The minimum atomic E-state index is -0.725. The molecule has 2 aromatic rings. The number of carbonyl (C=O) groups is 2. The number of aromatic nitrogens is 2. The molecule has 182 valence electrons. The molecule has 3 N–H and O–H groups in total. The van der Waals surface area contributed by atoms with Crippen LogP contribution < -0.4 is 16.5 Å². The highest BCUT2D eigenvalue weighted by Gasteiger charge is 2.52. The average Bonchev–Trinajstić information content (AvgIpc) is 3.43. The number of hydrogen-bond donors (Lipinski definition) is 2. The van der Waals surface area contributed by atoms with Gasteiger partial charge < -0.3 is 25.1 Å². The van der Waals surface area contributed by atoms with Crippen molar-refractivity contribution in [3.8, 4) is 0 Å². The van der Waals surface area contributed by atoms with Crippen LogP contribution in [0.2, 0.25) is 0 Å². The summed E-state index contributed by atoms with van der Waals surface area (Å²) in [5.74, 6) is -0.264. The van der Waals surface area contributed by atoms with E-state index in [0.29, 0.717) is 34.0 Å². The number of ether oxygens (including phenoxy) is 1. The Morgan fingerprint density at radius 1 is 1.18 bits per heavy atom. The molecular formula is C24H33BN4O5. The van der Waals surface area contributed by atoms with Crippen LogP contribution in [0.3, 0.4) is 0 Å². The van der Waals surface area contributed by atoms with E-state index in [2.05, 4.69) is 17.3 Å². The minimum Gasteiger partial charge on any atom is -0.465 e. The summed E-state index contributed by atoms with van der Waals surface area (Å²) in [5, 5.41) is 7.79. The summed E-state index contributed by atoms with van der Waals surface area (Å²) in [6.07, 6.45) is 4.97. The fourth-order valence-corrected chi connectivity index (χ4v) is 4.59. The van der Waals surface area contributed by atoms with E-state index in [1.807, 2.05) is 32.4 Å². The van der Waals surface area contributed by atoms with Gasteiger partial charge in [0.1, 0.15) is 5.56 Å². The first-order chi connectivity index (χ1) is 15.9. The first-order valence-electron chi connectivity index (χ1n) is 11.7. The lowest BCUT2D eigenvalue weighted by Gasteiger charge is -2.32. The molecule has 2 atom stereocenters. The van der Waals surface area contributed by atoms with Gasteiger partial charge in [-0.05, 0) is 64.1 Å². The highest BCUT2D eigenvalue weighted by Crippen LogP contribution is 2.38. The Kier molecular flexibility index (Phi) is 6.24. The van der Waals surface area contributed by atoms with E-state index in [0.717, 1.165) is 19.3 Å². The number of amides is 1. The Morgan fingerprint density at radius 3 is 2.41 bits per heavy atom. The SMILES string of the molecule is COC(=O)c1cc(Nc2nn([C@H]3CCC[C@@H]3C)cc2C(N)=O)ccc1B1OC(C)(C)C(C)(C)O1. The number of carbonyl (C=O) groups excluding carboxylic acids is 2. The molecule has 1 aromatic heterocycles. The summed E-state index contributed by atoms with van der Waals surface area (Å²) in [7, 11) is 0.601. The van der Waals surface area contributed by atoms with Crippen LogP contribution in [0.5, 0.6) is 0 Å². The van der Waals surface area contributed by atoms with Crippen LogP contribution in [-0.4, -0.2) is 47.1 Å². The van der Waals surface area contributed by atoms with Gasteiger partial charge in [0, 0.05) is 11.9 Å². The summed E-state index contributed by atoms with van der Waals surface area (Å²) in [4.78, 5) is 24.8. The van der Waals surface area contributed by atoms with Gasteiger partial charge in [-0.15, -0.1) is 0 Å². The van der Waals surface area contributed by atoms with Gasteiger partial charge in [-0.2, -0.15) is 5.10 Å². The van der Waals surface area contributed by atoms with Crippen LogP contribution in [0.25, 0.3) is 0 Å². The average molecular weight is 468 g/mol. The van der Waals surface area contributed by atoms with Gasteiger partial charge in [-0.25, -0.2) is 4.79 Å². The largest absolute Gasteiger partial charge is 0.495 e. The van der Waals surface area contributed by atoms with Crippen molar-refractivity contribution in [2.45, 2.75) is 71.1 Å². The first-order valence-corrected chi connectivity index (χ1v) is 11.7. The molecule has 4 rings (SSSR count). The van der Waals surface area contributed by atoms with Crippen molar-refractivity contribution in [2.24, 2.45) is 11.7 Å². The van der Waals surface area contributed by atoms with E-state index in [-0.39, 0.29) is 6.04 Å². The summed E-state index contributed by atoms with van der Waals surface area (Å²) in [6.45, 7) is 10.00. The van der Waals surface area contributed by atoms with E-state index in [1.165, 1.54) is 7.11 Å². The molecule has 2 aliphatic rings. The standard InChI is InChI=1S/C24H33BN4O5/c1-14-8-7-9-19(14)29-13-17(20(26)30)21(28-29)27-15-10-11-18(16(12-15)22(31)32-6)25-33-23(2,3)24(4,5)34-25/h10-14,19H,7-9H2,1-6H3,(H2,26,30)(H,27,28)/t14-,19-/m0/s1. The highest BCUT2D eigenvalue weighted by atomic mass is 16.7. The number of nitrogens with one attached hydrogen (secondary N) is 1. The Morgan fingerprint density at radius 2 is 1.85 bits per heavy atom. The van der Waals surface area contributed by atoms with Gasteiger partial charge in [-0.3, -0.25) is 9.48 Å². The quantitative estimate of drug-likeness (QED) is 0.494. The molecule has 2 heterocycles. The molecule has 2 fully saturated rings. The van der Waals surface area contributed by atoms with Crippen molar-refractivity contribution < 1.29 is 23.6 Å². The van der Waals surface area contributed by atoms with Crippen LogP contribution in [-0.2, 0) is 14.0 Å². The zero-order chi connectivity index (χ0) is 24.8. The molecule has 10 heteroatoms. The molecule has 1 saturated heterocycles. The first kappa shape index (κ1) is 24.3. The number of rotatable bonds is 6. The Hall–Kier alpha value is -2.85. The smallest absolute Gasteiger partial charge is 0.465 e. The van der Waals surface area contributed by atoms with Gasteiger partial charge in [0.05, 0.1) is 29.9 Å². The number of primary amides is 1. The molecule has 0 spiro atoms. The Labute approximate surface area is 200 Å². The van der Waals surface area contributed by atoms with Crippen molar-refractivity contribution in [2.75, 3.05) is 12.4 Å². The second kappa shape index (κ2) is 8.74. The highest BCUT2D eigenvalue weighted by molar-refractivity contribution is 6.63. The van der Waals surface area contributed by atoms with E-state index in [1.54, 1.807) is 24.4 Å². The number of nitrogens with zero attached hydrogens (tertiary/aromatic N) is 2. The molecule has 1 aromatic carbocycles. The summed E-state index contributed by atoms with van der Waals surface area (Å²) in [6, 6.07) is 5.42. The molecule has 0 unspecified atom stereocenters. The van der Waals surface area contributed by atoms with Crippen LogP contribution in [0, 0.1) is 5.92 Å². The van der Waals surface area contributed by atoms with Crippen LogP contribution >= 0.6 is 0 Å². The molecule has 1 saturated carbocycles. The zero-order valence-electron chi connectivity index (χ0n) is 20.7. The zero-order valence-corrected chi connectivity index (χ0v) is 20.7. The fraction of sp³-hybridized carbons (Fsp3) is 0.542. The number of nitrogens with two attached hydrogens (primary N) is 1. The Bertz CT molecular complexity index is 1100. The molecule has 1 aliphatic heterocycles. The maximum absolute atomic E-state index is 12.7. The van der Waals surface area contributed by atoms with Gasteiger partial charge in [0.2, 0.25) is 0 Å². The summed E-state index contributed by atoms with van der Waals surface area (Å²) in [5.41, 5.74) is 6.26. The number of hydrogen-bond acceptors (Lipinski definition) is 7. The third-order valence-corrected chi connectivity index (χ3v) is 7.38. The number of benzene rings is 1. The third-order valence-electron chi connectivity index (χ3n) is 7.38. The minimum absolute atomic E-state index is 0.227. The van der Waals surface area contributed by atoms with E-state index in [4.69, 9.17) is 19.8 Å². The van der Waals surface area contributed by atoms with E-state index in [9.17, 15) is 9.59 Å². The van der Waals surface area contributed by atoms with Crippen molar-refractivity contribution in [3.05, 3.63) is 35.5 Å². The maximum Gasteiger partial charge on any atom is 0.495 e. The third kappa shape index (κ3) is 4.32. The van der Waals surface area contributed by atoms with Gasteiger partial charge in [0.15, 0.2) is 5.82 Å². The number of esters is 1. The van der Waals surface area contributed by atoms with Crippen LogP contribution in [0.1, 0.15) is 80.6 Å². The lowest BCUT2D eigenvalue weighted by molar-refractivity contribution is 0.00578. The van der Waals surface area contributed by atoms with Crippen molar-refractivity contribution in [1.29, 1.82) is 0 Å². The van der Waals surface area contributed by atoms with Crippen LogP contribution in [0.15, 0.2) is 24.4 Å². The lowest BCUT2D eigenvalue weighted by atomic mass is 9.75. The van der Waals surface area contributed by atoms with Gasteiger partial charge in [0.25, 0.3) is 5.91 Å². The normalized spacial score (nSPS) is 23.2. The summed E-state index contributed by atoms with van der Waals surface area (Å²) < 4.78 is 19.1. The predicted molar refractivity (Wildman–Crippen MR) is 130 cm³/mol. The van der Waals surface area contributed by atoms with Gasteiger partial charge in [-0.1, -0.05) is 19.4 Å². The topological polar surface area (TPSA) is 118 Å². The molecular weight excluding hydrogens is 435 g/mol. The molecule has 0 bridgehead atoms. The van der Waals surface area contributed by atoms with Crippen molar-refractivity contribution >= 4 is 36.0 Å².